The van der Waals surface area contributed by atoms with Crippen molar-refractivity contribution in [3.05, 3.63) is 69.5 Å². The molecule has 0 saturated carbocycles. The standard InChI is InChI=1S/C20H14N2O7/c1-27-10-7-14-16(15(8-10)28-2)17(23)13(9-21-14)20(26)29-22-18(24)11-5-3-4-6-12(11)19(22)25/h3-9H,1-2H3,(H,21,23). The summed E-state index contributed by atoms with van der Waals surface area (Å²) in [7, 11) is 2.84. The third-order valence-corrected chi connectivity index (χ3v) is 4.53. The summed E-state index contributed by atoms with van der Waals surface area (Å²) < 4.78 is 10.4. The zero-order valence-corrected chi connectivity index (χ0v) is 15.3. The van der Waals surface area contributed by atoms with Crippen LogP contribution in [0.25, 0.3) is 10.9 Å². The summed E-state index contributed by atoms with van der Waals surface area (Å²) in [6.07, 6.45) is 1.14. The fourth-order valence-corrected chi connectivity index (χ4v) is 3.10. The highest BCUT2D eigenvalue weighted by molar-refractivity contribution is 6.21. The predicted octanol–water partition coefficient (Wildman–Crippen LogP) is 1.91. The van der Waals surface area contributed by atoms with Crippen LogP contribution in [0, 0.1) is 0 Å². The van der Waals surface area contributed by atoms with Crippen molar-refractivity contribution in [3.8, 4) is 11.5 Å². The summed E-state index contributed by atoms with van der Waals surface area (Å²) in [5, 5.41) is 0.451. The number of imide groups is 1. The van der Waals surface area contributed by atoms with Crippen LogP contribution in [0.3, 0.4) is 0 Å². The first-order valence-corrected chi connectivity index (χ1v) is 8.43. The lowest BCUT2D eigenvalue weighted by molar-refractivity contribution is -0.0585. The van der Waals surface area contributed by atoms with E-state index in [-0.39, 0.29) is 22.3 Å². The Bertz CT molecular complexity index is 1210. The minimum absolute atomic E-state index is 0.102. The molecular formula is C20H14N2O7. The molecule has 1 aliphatic rings. The lowest BCUT2D eigenvalue weighted by atomic mass is 10.1. The van der Waals surface area contributed by atoms with E-state index < -0.39 is 28.8 Å². The number of hydroxylamine groups is 2. The van der Waals surface area contributed by atoms with Gasteiger partial charge < -0.3 is 19.3 Å². The molecule has 0 bridgehead atoms. The summed E-state index contributed by atoms with van der Waals surface area (Å²) in [6, 6.07) is 9.14. The zero-order valence-electron chi connectivity index (χ0n) is 15.3. The largest absolute Gasteiger partial charge is 0.497 e. The van der Waals surface area contributed by atoms with Gasteiger partial charge in [0.15, 0.2) is 0 Å². The number of benzene rings is 2. The number of methoxy groups -OCH3 is 2. The number of pyridine rings is 1. The molecule has 2 amide bonds. The molecule has 0 aliphatic carbocycles. The first kappa shape index (κ1) is 18.2. The van der Waals surface area contributed by atoms with Gasteiger partial charge in [-0.25, -0.2) is 4.79 Å². The Morgan fingerprint density at radius 2 is 1.62 bits per heavy atom. The Hall–Kier alpha value is -4.14. The number of carbonyl (C=O) groups is 3. The Balaban J connectivity index is 1.72. The molecule has 0 fully saturated rings. The van der Waals surface area contributed by atoms with Crippen molar-refractivity contribution in [2.75, 3.05) is 14.2 Å². The lowest BCUT2D eigenvalue weighted by Gasteiger charge is -2.13. The SMILES string of the molecule is COc1cc(OC)c2c(=O)c(C(=O)ON3C(=O)c4ccccc4C3=O)c[nH]c2c1. The molecule has 9 heteroatoms. The topological polar surface area (TPSA) is 115 Å². The number of rotatable bonds is 4. The van der Waals surface area contributed by atoms with Gasteiger partial charge in [-0.05, 0) is 12.1 Å². The molecule has 3 aromatic rings. The van der Waals surface area contributed by atoms with Gasteiger partial charge in [-0.2, -0.15) is 0 Å². The van der Waals surface area contributed by atoms with E-state index in [1.54, 1.807) is 18.2 Å². The van der Waals surface area contributed by atoms with Crippen molar-refractivity contribution in [2.24, 2.45) is 0 Å². The van der Waals surface area contributed by atoms with Gasteiger partial charge in [0.2, 0.25) is 5.43 Å². The van der Waals surface area contributed by atoms with E-state index in [0.29, 0.717) is 16.3 Å². The van der Waals surface area contributed by atoms with E-state index in [9.17, 15) is 19.2 Å². The maximum absolute atomic E-state index is 12.9. The molecule has 0 spiro atoms. The van der Waals surface area contributed by atoms with Gasteiger partial charge in [0.25, 0.3) is 11.8 Å². The maximum atomic E-state index is 12.9. The summed E-state index contributed by atoms with van der Waals surface area (Å²) in [5.74, 6) is -2.07. The number of fused-ring (bicyclic) bond motifs is 2. The van der Waals surface area contributed by atoms with Gasteiger partial charge in [-0.15, -0.1) is 0 Å². The first-order valence-electron chi connectivity index (χ1n) is 8.43. The number of hydrogen-bond donors (Lipinski definition) is 1. The highest BCUT2D eigenvalue weighted by Gasteiger charge is 2.39. The number of nitrogens with zero attached hydrogens (tertiary/aromatic N) is 1. The molecule has 29 heavy (non-hydrogen) atoms. The monoisotopic (exact) mass is 394 g/mol. The minimum Gasteiger partial charge on any atom is -0.497 e. The van der Waals surface area contributed by atoms with E-state index >= 15 is 0 Å². The average molecular weight is 394 g/mol. The molecule has 2 aromatic carbocycles. The second kappa shape index (κ2) is 6.79. The Labute approximate surface area is 163 Å². The minimum atomic E-state index is -1.15. The Morgan fingerprint density at radius 1 is 0.966 bits per heavy atom. The van der Waals surface area contributed by atoms with Crippen LogP contribution in [0.4, 0.5) is 0 Å². The second-order valence-corrected chi connectivity index (χ2v) is 6.11. The molecule has 1 aliphatic heterocycles. The predicted molar refractivity (Wildman–Crippen MR) is 100 cm³/mol. The summed E-state index contributed by atoms with van der Waals surface area (Å²) >= 11 is 0. The molecule has 2 heterocycles. The van der Waals surface area contributed by atoms with E-state index in [1.807, 2.05) is 0 Å². The van der Waals surface area contributed by atoms with Gasteiger partial charge in [-0.3, -0.25) is 14.4 Å². The molecule has 1 N–H and O–H groups in total. The van der Waals surface area contributed by atoms with E-state index in [0.717, 1.165) is 6.20 Å². The van der Waals surface area contributed by atoms with Gasteiger partial charge in [0.05, 0.1) is 36.2 Å². The van der Waals surface area contributed by atoms with Crippen LogP contribution in [-0.2, 0) is 4.84 Å². The van der Waals surface area contributed by atoms with Crippen LogP contribution in [0.5, 0.6) is 11.5 Å². The zero-order chi connectivity index (χ0) is 20.7. The van der Waals surface area contributed by atoms with Crippen molar-refractivity contribution in [1.82, 2.24) is 10.0 Å². The van der Waals surface area contributed by atoms with Crippen LogP contribution in [0.1, 0.15) is 31.1 Å². The van der Waals surface area contributed by atoms with E-state index in [4.69, 9.17) is 14.3 Å². The second-order valence-electron chi connectivity index (χ2n) is 6.11. The van der Waals surface area contributed by atoms with Crippen LogP contribution in [0.2, 0.25) is 0 Å². The fraction of sp³-hybridized carbons (Fsp3) is 0.100. The first-order chi connectivity index (χ1) is 14.0. The third-order valence-electron chi connectivity index (χ3n) is 4.53. The number of aromatic nitrogens is 1. The van der Waals surface area contributed by atoms with Crippen molar-refractivity contribution in [2.45, 2.75) is 0 Å². The maximum Gasteiger partial charge on any atom is 0.369 e. The fourth-order valence-electron chi connectivity index (χ4n) is 3.10. The number of amides is 2. The van der Waals surface area contributed by atoms with Crippen LogP contribution in [0.15, 0.2) is 47.4 Å². The number of aromatic amines is 1. The smallest absolute Gasteiger partial charge is 0.369 e. The normalized spacial score (nSPS) is 12.8. The number of ether oxygens (including phenoxy) is 2. The van der Waals surface area contributed by atoms with Crippen molar-refractivity contribution < 1.29 is 28.7 Å². The third kappa shape index (κ3) is 2.80. The summed E-state index contributed by atoms with van der Waals surface area (Å²) in [6.45, 7) is 0. The number of nitrogens with one attached hydrogen (secondary N) is 1. The molecule has 4 rings (SSSR count). The van der Waals surface area contributed by atoms with Crippen LogP contribution in [-0.4, -0.2) is 42.1 Å². The summed E-state index contributed by atoms with van der Waals surface area (Å²) in [5.41, 5.74) is -0.459. The Morgan fingerprint density at radius 3 is 2.21 bits per heavy atom. The molecular weight excluding hydrogens is 380 g/mol. The number of carbonyl (C=O) groups excluding carboxylic acids is 3. The van der Waals surface area contributed by atoms with Gasteiger partial charge in [0.1, 0.15) is 17.1 Å². The quantitative estimate of drug-likeness (QED) is 0.672. The van der Waals surface area contributed by atoms with E-state index in [2.05, 4.69) is 4.98 Å². The van der Waals surface area contributed by atoms with Crippen molar-refractivity contribution >= 4 is 28.7 Å². The lowest BCUT2D eigenvalue weighted by Crippen LogP contribution is -2.34. The summed E-state index contributed by atoms with van der Waals surface area (Å²) in [4.78, 5) is 57.9. The molecule has 9 nitrogen and oxygen atoms in total. The molecule has 146 valence electrons. The molecule has 1 aromatic heterocycles. The van der Waals surface area contributed by atoms with Gasteiger partial charge in [-0.1, -0.05) is 17.2 Å². The van der Waals surface area contributed by atoms with Crippen molar-refractivity contribution in [3.63, 3.8) is 0 Å². The highest BCUT2D eigenvalue weighted by Crippen LogP contribution is 2.28. The number of H-pyrrole nitrogens is 1. The van der Waals surface area contributed by atoms with Crippen LogP contribution >= 0.6 is 0 Å². The highest BCUT2D eigenvalue weighted by atomic mass is 16.7. The van der Waals surface area contributed by atoms with Crippen molar-refractivity contribution in [1.29, 1.82) is 0 Å². The van der Waals surface area contributed by atoms with Gasteiger partial charge >= 0.3 is 5.97 Å². The molecule has 0 atom stereocenters. The molecule has 0 unspecified atom stereocenters. The van der Waals surface area contributed by atoms with Crippen LogP contribution < -0.4 is 14.9 Å². The number of hydrogen-bond acceptors (Lipinski definition) is 7. The van der Waals surface area contributed by atoms with Gasteiger partial charge in [0, 0.05) is 18.3 Å². The Kier molecular flexibility index (Phi) is 4.27. The van der Waals surface area contributed by atoms with E-state index in [1.165, 1.54) is 32.4 Å². The molecule has 0 radical (unpaired) electrons. The average Bonchev–Trinajstić information content (AvgIpc) is 2.98. The molecule has 0 saturated heterocycles.